The van der Waals surface area contributed by atoms with E-state index in [4.69, 9.17) is 0 Å². The monoisotopic (exact) mass is 208 g/mol. The molecule has 0 spiro atoms. The van der Waals surface area contributed by atoms with Crippen LogP contribution in [0.1, 0.15) is 31.3 Å². The fourth-order valence-electron chi connectivity index (χ4n) is 0.937. The van der Waals surface area contributed by atoms with Gasteiger partial charge in [-0.05, 0) is 13.3 Å². The summed E-state index contributed by atoms with van der Waals surface area (Å²) in [7, 11) is 0. The maximum atomic E-state index is 9.67. The second-order valence-corrected chi connectivity index (χ2v) is 2.84. The molecule has 1 heterocycles. The highest BCUT2D eigenvalue weighted by Gasteiger charge is 1.94. The predicted molar refractivity (Wildman–Crippen MR) is 49.0 cm³/mol. The van der Waals surface area contributed by atoms with Crippen molar-refractivity contribution in [3.05, 3.63) is 17.7 Å². The number of nitrogens with one attached hydrogen (secondary N) is 1. The Kier molecular flexibility index (Phi) is 6.88. The van der Waals surface area contributed by atoms with Crippen molar-refractivity contribution in [2.75, 3.05) is 0 Å². The van der Waals surface area contributed by atoms with Gasteiger partial charge in [0.2, 0.25) is 0 Å². The molecule has 0 fully saturated rings. The van der Waals surface area contributed by atoms with Crippen molar-refractivity contribution >= 4 is 0 Å². The average molecular weight is 208 g/mol. The average Bonchev–Trinajstić information content (AvgIpc) is 2.47. The molecule has 0 saturated carbocycles. The van der Waals surface area contributed by atoms with E-state index in [9.17, 15) is 13.2 Å². The van der Waals surface area contributed by atoms with E-state index in [2.05, 4.69) is 16.9 Å². The van der Waals surface area contributed by atoms with E-state index >= 15 is 0 Å². The summed E-state index contributed by atoms with van der Waals surface area (Å²) in [5.74, 6) is 1.12. The smallest absolute Gasteiger partial charge is 0.348 e. The van der Waals surface area contributed by atoms with Gasteiger partial charge in [0.05, 0.1) is 5.69 Å². The molecule has 1 aromatic heterocycles. The first kappa shape index (κ1) is 13.0. The molecule has 0 amide bonds. The third-order valence-electron chi connectivity index (χ3n) is 1.53. The van der Waals surface area contributed by atoms with E-state index in [-0.39, 0.29) is 0 Å². The van der Waals surface area contributed by atoms with E-state index in [0.717, 1.165) is 17.9 Å². The lowest BCUT2D eigenvalue weighted by molar-refractivity contribution is 0.00819. The zero-order chi connectivity index (χ0) is 11.0. The van der Waals surface area contributed by atoms with E-state index in [1.54, 1.807) is 0 Å². The van der Waals surface area contributed by atoms with E-state index in [1.807, 2.05) is 13.1 Å². The lowest BCUT2D eigenvalue weighted by Gasteiger charge is -1.90. The minimum atomic E-state index is -3.67. The first-order chi connectivity index (χ1) is 6.56. The largest absolute Gasteiger partial charge is 0.379 e. The summed E-state index contributed by atoms with van der Waals surface area (Å²) in [5, 5.41) is 0. The van der Waals surface area contributed by atoms with Crippen LogP contribution in [0, 0.1) is 6.92 Å². The Morgan fingerprint density at radius 3 is 2.36 bits per heavy atom. The van der Waals surface area contributed by atoms with Crippen molar-refractivity contribution in [2.24, 2.45) is 0 Å². The summed E-state index contributed by atoms with van der Waals surface area (Å²) < 4.78 is 29.0. The molecule has 2 nitrogen and oxygen atoms in total. The molecule has 0 bridgehead atoms. The highest BCUT2D eigenvalue weighted by Crippen LogP contribution is 1.99. The molecule has 0 atom stereocenters. The SMILES string of the molecule is CCCCc1nc(C)c[nH]1.FC(F)F. The van der Waals surface area contributed by atoms with Crippen LogP contribution in [0.15, 0.2) is 6.20 Å². The molecule has 0 radical (unpaired) electrons. The molecule has 14 heavy (non-hydrogen) atoms. The number of unbranched alkanes of at least 4 members (excludes halogenated alkanes) is 1. The lowest BCUT2D eigenvalue weighted by Crippen LogP contribution is -1.86. The van der Waals surface area contributed by atoms with Gasteiger partial charge >= 0.3 is 6.68 Å². The second-order valence-electron chi connectivity index (χ2n) is 2.84. The molecular formula is C9H15F3N2. The van der Waals surface area contributed by atoms with Crippen LogP contribution in [0.5, 0.6) is 0 Å². The third-order valence-corrected chi connectivity index (χ3v) is 1.53. The quantitative estimate of drug-likeness (QED) is 0.811. The van der Waals surface area contributed by atoms with Crippen molar-refractivity contribution in [3.63, 3.8) is 0 Å². The molecular weight excluding hydrogens is 193 g/mol. The Labute approximate surface area is 81.6 Å². The lowest BCUT2D eigenvalue weighted by atomic mass is 10.2. The van der Waals surface area contributed by atoms with Crippen molar-refractivity contribution in [1.29, 1.82) is 0 Å². The maximum Gasteiger partial charge on any atom is 0.379 e. The number of nitrogens with zero attached hydrogens (tertiary/aromatic N) is 1. The number of aromatic amines is 1. The summed E-state index contributed by atoms with van der Waals surface area (Å²) in [6.07, 6.45) is 5.50. The number of imidazole rings is 1. The molecule has 1 aromatic rings. The van der Waals surface area contributed by atoms with Gasteiger partial charge < -0.3 is 4.98 Å². The van der Waals surface area contributed by atoms with E-state index < -0.39 is 6.68 Å². The molecule has 1 N–H and O–H groups in total. The number of H-pyrrole nitrogens is 1. The fourth-order valence-corrected chi connectivity index (χ4v) is 0.937. The van der Waals surface area contributed by atoms with Crippen LogP contribution in [-0.4, -0.2) is 16.6 Å². The minimum Gasteiger partial charge on any atom is -0.348 e. The minimum absolute atomic E-state index is 1.09. The molecule has 0 aromatic carbocycles. The van der Waals surface area contributed by atoms with Gasteiger partial charge in [-0.2, -0.15) is 13.2 Å². The van der Waals surface area contributed by atoms with Gasteiger partial charge in [-0.15, -0.1) is 0 Å². The number of aromatic nitrogens is 2. The number of halogens is 3. The number of alkyl halides is 3. The molecule has 5 heteroatoms. The van der Waals surface area contributed by atoms with Gasteiger partial charge in [0, 0.05) is 12.6 Å². The normalized spacial score (nSPS) is 9.86. The Balaban J connectivity index is 0.000000364. The van der Waals surface area contributed by atoms with E-state index in [1.165, 1.54) is 12.8 Å². The van der Waals surface area contributed by atoms with Crippen molar-refractivity contribution in [1.82, 2.24) is 9.97 Å². The highest BCUT2D eigenvalue weighted by molar-refractivity contribution is 4.98. The van der Waals surface area contributed by atoms with Crippen molar-refractivity contribution in [3.8, 4) is 0 Å². The molecule has 82 valence electrons. The summed E-state index contributed by atoms with van der Waals surface area (Å²) in [5.41, 5.74) is 1.09. The van der Waals surface area contributed by atoms with Gasteiger partial charge in [0.25, 0.3) is 0 Å². The fraction of sp³-hybridized carbons (Fsp3) is 0.667. The van der Waals surface area contributed by atoms with Gasteiger partial charge in [0.15, 0.2) is 0 Å². The zero-order valence-electron chi connectivity index (χ0n) is 8.36. The van der Waals surface area contributed by atoms with Crippen LogP contribution in [-0.2, 0) is 6.42 Å². The molecule has 0 unspecified atom stereocenters. The van der Waals surface area contributed by atoms with Gasteiger partial charge in [-0.3, -0.25) is 0 Å². The van der Waals surface area contributed by atoms with Crippen molar-refractivity contribution < 1.29 is 13.2 Å². The summed E-state index contributed by atoms with van der Waals surface area (Å²) in [4.78, 5) is 7.42. The van der Waals surface area contributed by atoms with Crippen LogP contribution in [0.3, 0.4) is 0 Å². The Bertz CT molecular complexity index is 233. The molecule has 0 aliphatic rings. The molecule has 1 rings (SSSR count). The second kappa shape index (κ2) is 7.41. The summed E-state index contributed by atoms with van der Waals surface area (Å²) >= 11 is 0. The standard InChI is InChI=1S/C8H14N2.CHF3/c1-3-4-5-8-9-6-7(2)10-8;2-1(3)4/h6H,3-5H2,1-2H3,(H,9,10);1H. The molecule has 0 aliphatic carbocycles. The number of hydrogen-bond acceptors (Lipinski definition) is 1. The van der Waals surface area contributed by atoms with Crippen LogP contribution < -0.4 is 0 Å². The van der Waals surface area contributed by atoms with Gasteiger partial charge in [0.1, 0.15) is 5.82 Å². The van der Waals surface area contributed by atoms with Crippen LogP contribution in [0.4, 0.5) is 13.2 Å². The maximum absolute atomic E-state index is 9.67. The zero-order valence-corrected chi connectivity index (χ0v) is 8.36. The Morgan fingerprint density at radius 1 is 1.43 bits per heavy atom. The number of hydrogen-bond donors (Lipinski definition) is 1. The van der Waals surface area contributed by atoms with Crippen LogP contribution >= 0.6 is 0 Å². The molecule has 0 aliphatic heterocycles. The first-order valence-corrected chi connectivity index (χ1v) is 4.49. The number of rotatable bonds is 3. The predicted octanol–water partition coefficient (Wildman–Crippen LogP) is 3.24. The molecule has 0 saturated heterocycles. The highest BCUT2D eigenvalue weighted by atomic mass is 19.4. The van der Waals surface area contributed by atoms with Crippen molar-refractivity contribution in [2.45, 2.75) is 39.8 Å². The van der Waals surface area contributed by atoms with Gasteiger partial charge in [-0.1, -0.05) is 13.3 Å². The van der Waals surface area contributed by atoms with E-state index in [0.29, 0.717) is 0 Å². The van der Waals surface area contributed by atoms with Crippen LogP contribution in [0.2, 0.25) is 0 Å². The first-order valence-electron chi connectivity index (χ1n) is 4.49. The Morgan fingerprint density at radius 2 is 2.00 bits per heavy atom. The van der Waals surface area contributed by atoms with Crippen LogP contribution in [0.25, 0.3) is 0 Å². The number of aryl methyl sites for hydroxylation is 2. The summed E-state index contributed by atoms with van der Waals surface area (Å²) in [6.45, 7) is 0.530. The van der Waals surface area contributed by atoms with Gasteiger partial charge in [-0.25, -0.2) is 4.98 Å². The topological polar surface area (TPSA) is 28.7 Å². The third kappa shape index (κ3) is 7.64. The summed E-state index contributed by atoms with van der Waals surface area (Å²) in [6, 6.07) is 0. The Hall–Kier alpha value is -1.00.